The van der Waals surface area contributed by atoms with Gasteiger partial charge in [0.1, 0.15) is 0 Å². The Morgan fingerprint density at radius 1 is 1.44 bits per heavy atom. The molecule has 88 valence electrons. The SMILES string of the molecule is CN(CCCC(=N)N)CCc1ccccn1. The van der Waals surface area contributed by atoms with Crippen LogP contribution in [0.5, 0.6) is 0 Å². The van der Waals surface area contributed by atoms with Crippen molar-refractivity contribution in [2.24, 2.45) is 5.73 Å². The van der Waals surface area contributed by atoms with Gasteiger partial charge in [0.2, 0.25) is 0 Å². The van der Waals surface area contributed by atoms with Crippen molar-refractivity contribution in [3.63, 3.8) is 0 Å². The lowest BCUT2D eigenvalue weighted by atomic mass is 10.2. The number of hydrogen-bond acceptors (Lipinski definition) is 3. The van der Waals surface area contributed by atoms with Gasteiger partial charge in [-0.2, -0.15) is 0 Å². The van der Waals surface area contributed by atoms with Crippen molar-refractivity contribution in [1.29, 1.82) is 5.41 Å². The maximum atomic E-state index is 7.12. The number of rotatable bonds is 7. The van der Waals surface area contributed by atoms with Crippen molar-refractivity contribution in [2.75, 3.05) is 20.1 Å². The molecule has 0 amide bonds. The predicted octanol–water partition coefficient (Wildman–Crippen LogP) is 1.27. The van der Waals surface area contributed by atoms with Crippen molar-refractivity contribution in [3.8, 4) is 0 Å². The number of aromatic nitrogens is 1. The highest BCUT2D eigenvalue weighted by atomic mass is 15.1. The molecule has 3 N–H and O–H groups in total. The van der Waals surface area contributed by atoms with E-state index in [0.29, 0.717) is 6.42 Å². The zero-order valence-electron chi connectivity index (χ0n) is 9.82. The normalized spacial score (nSPS) is 10.6. The summed E-state index contributed by atoms with van der Waals surface area (Å²) in [5.74, 6) is 0.276. The van der Waals surface area contributed by atoms with Gasteiger partial charge in [-0.3, -0.25) is 10.4 Å². The van der Waals surface area contributed by atoms with Crippen molar-refractivity contribution < 1.29 is 0 Å². The van der Waals surface area contributed by atoms with E-state index in [2.05, 4.69) is 16.9 Å². The lowest BCUT2D eigenvalue weighted by molar-refractivity contribution is 0.334. The van der Waals surface area contributed by atoms with Gasteiger partial charge in [-0.1, -0.05) is 6.07 Å². The van der Waals surface area contributed by atoms with E-state index in [9.17, 15) is 0 Å². The van der Waals surface area contributed by atoms with E-state index >= 15 is 0 Å². The molecule has 0 radical (unpaired) electrons. The van der Waals surface area contributed by atoms with Gasteiger partial charge in [0.15, 0.2) is 0 Å². The third-order valence-electron chi connectivity index (χ3n) is 2.46. The minimum atomic E-state index is 0.276. The van der Waals surface area contributed by atoms with Crippen molar-refractivity contribution >= 4 is 5.84 Å². The summed E-state index contributed by atoms with van der Waals surface area (Å²) in [5.41, 5.74) is 6.42. The topological polar surface area (TPSA) is 66.0 Å². The van der Waals surface area contributed by atoms with Crippen LogP contribution in [0.4, 0.5) is 0 Å². The first-order valence-electron chi connectivity index (χ1n) is 5.60. The van der Waals surface area contributed by atoms with Crippen LogP contribution in [-0.4, -0.2) is 35.9 Å². The van der Waals surface area contributed by atoms with Crippen LogP contribution in [0.1, 0.15) is 18.5 Å². The monoisotopic (exact) mass is 220 g/mol. The quantitative estimate of drug-likeness (QED) is 0.537. The Labute approximate surface area is 97.0 Å². The Kier molecular flexibility index (Phi) is 5.50. The zero-order valence-corrected chi connectivity index (χ0v) is 9.82. The molecule has 16 heavy (non-hydrogen) atoms. The molecular weight excluding hydrogens is 200 g/mol. The van der Waals surface area contributed by atoms with E-state index in [-0.39, 0.29) is 5.84 Å². The van der Waals surface area contributed by atoms with Crippen LogP contribution < -0.4 is 5.73 Å². The highest BCUT2D eigenvalue weighted by Crippen LogP contribution is 1.98. The van der Waals surface area contributed by atoms with Gasteiger partial charge in [0, 0.05) is 31.3 Å². The molecule has 1 rings (SSSR count). The van der Waals surface area contributed by atoms with Gasteiger partial charge < -0.3 is 10.6 Å². The molecule has 4 heteroatoms. The van der Waals surface area contributed by atoms with Crippen LogP contribution in [0.3, 0.4) is 0 Å². The second-order valence-electron chi connectivity index (χ2n) is 4.00. The van der Waals surface area contributed by atoms with E-state index in [1.807, 2.05) is 24.4 Å². The van der Waals surface area contributed by atoms with Gasteiger partial charge in [-0.05, 0) is 32.1 Å². The van der Waals surface area contributed by atoms with Crippen LogP contribution in [0.15, 0.2) is 24.4 Å². The first-order valence-corrected chi connectivity index (χ1v) is 5.60. The summed E-state index contributed by atoms with van der Waals surface area (Å²) in [4.78, 5) is 6.53. The number of pyridine rings is 1. The van der Waals surface area contributed by atoms with Crippen LogP contribution in [-0.2, 0) is 6.42 Å². The molecule has 4 nitrogen and oxygen atoms in total. The lowest BCUT2D eigenvalue weighted by Crippen LogP contribution is -2.24. The van der Waals surface area contributed by atoms with Crippen molar-refractivity contribution in [2.45, 2.75) is 19.3 Å². The first kappa shape index (κ1) is 12.6. The highest BCUT2D eigenvalue weighted by molar-refractivity contribution is 5.76. The highest BCUT2D eigenvalue weighted by Gasteiger charge is 2.00. The number of amidine groups is 1. The Balaban J connectivity index is 2.15. The van der Waals surface area contributed by atoms with E-state index in [1.165, 1.54) is 0 Å². The summed E-state index contributed by atoms with van der Waals surface area (Å²) >= 11 is 0. The lowest BCUT2D eigenvalue weighted by Gasteiger charge is -2.15. The predicted molar refractivity (Wildman–Crippen MR) is 66.6 cm³/mol. The molecule has 0 fully saturated rings. The summed E-state index contributed by atoms with van der Waals surface area (Å²) in [6, 6.07) is 5.99. The zero-order chi connectivity index (χ0) is 11.8. The molecule has 1 aromatic heterocycles. The van der Waals surface area contributed by atoms with Crippen LogP contribution in [0.2, 0.25) is 0 Å². The fourth-order valence-corrected chi connectivity index (χ4v) is 1.50. The maximum Gasteiger partial charge on any atom is 0.0905 e. The minimum absolute atomic E-state index is 0.276. The average molecular weight is 220 g/mol. The minimum Gasteiger partial charge on any atom is -0.388 e. The Bertz CT molecular complexity index is 310. The third kappa shape index (κ3) is 5.46. The molecule has 1 aromatic rings. The summed E-state index contributed by atoms with van der Waals surface area (Å²) in [6.45, 7) is 1.97. The van der Waals surface area contributed by atoms with Gasteiger partial charge >= 0.3 is 0 Å². The Morgan fingerprint density at radius 2 is 2.25 bits per heavy atom. The van der Waals surface area contributed by atoms with Gasteiger partial charge in [-0.25, -0.2) is 0 Å². The molecular formula is C12H20N4. The van der Waals surface area contributed by atoms with E-state index in [4.69, 9.17) is 11.1 Å². The molecule has 0 aliphatic carbocycles. The molecule has 0 saturated carbocycles. The molecule has 0 aromatic carbocycles. The molecule has 0 spiro atoms. The van der Waals surface area contributed by atoms with Crippen LogP contribution in [0, 0.1) is 5.41 Å². The summed E-state index contributed by atoms with van der Waals surface area (Å²) in [6.07, 6.45) is 4.43. The molecule has 0 aliphatic heterocycles. The van der Waals surface area contributed by atoms with Gasteiger partial charge in [0.05, 0.1) is 5.84 Å². The second-order valence-corrected chi connectivity index (χ2v) is 4.00. The standard InChI is InChI=1S/C12H20N4/c1-16(9-4-6-12(13)14)10-7-11-5-2-3-8-15-11/h2-3,5,8H,4,6-7,9-10H2,1H3,(H3,13,14). The van der Waals surface area contributed by atoms with Crippen molar-refractivity contribution in [1.82, 2.24) is 9.88 Å². The second kappa shape index (κ2) is 6.95. The fraction of sp³-hybridized carbons (Fsp3) is 0.500. The number of hydrogen-bond donors (Lipinski definition) is 2. The summed E-state index contributed by atoms with van der Waals surface area (Å²) in [5, 5.41) is 7.12. The largest absolute Gasteiger partial charge is 0.388 e. The molecule has 0 bridgehead atoms. The third-order valence-corrected chi connectivity index (χ3v) is 2.46. The Hall–Kier alpha value is -1.42. The van der Waals surface area contributed by atoms with E-state index in [1.54, 1.807) is 0 Å². The molecule has 0 unspecified atom stereocenters. The summed E-state index contributed by atoms with van der Waals surface area (Å²) < 4.78 is 0. The molecule has 1 heterocycles. The molecule has 0 saturated heterocycles. The maximum absolute atomic E-state index is 7.12. The summed E-state index contributed by atoms with van der Waals surface area (Å²) in [7, 11) is 2.09. The number of likely N-dealkylation sites (N-methyl/N-ethyl adjacent to an activating group) is 1. The van der Waals surface area contributed by atoms with Gasteiger partial charge in [0.25, 0.3) is 0 Å². The average Bonchev–Trinajstić information content (AvgIpc) is 2.27. The van der Waals surface area contributed by atoms with Crippen molar-refractivity contribution in [3.05, 3.63) is 30.1 Å². The Morgan fingerprint density at radius 3 is 2.88 bits per heavy atom. The van der Waals surface area contributed by atoms with Crippen LogP contribution in [0.25, 0.3) is 0 Å². The number of nitrogens with two attached hydrogens (primary N) is 1. The van der Waals surface area contributed by atoms with E-state index in [0.717, 1.165) is 31.6 Å². The van der Waals surface area contributed by atoms with E-state index < -0.39 is 0 Å². The van der Waals surface area contributed by atoms with Crippen LogP contribution >= 0.6 is 0 Å². The van der Waals surface area contributed by atoms with Gasteiger partial charge in [-0.15, -0.1) is 0 Å². The first-order chi connectivity index (χ1) is 7.68. The molecule has 0 aliphatic rings. The molecule has 0 atom stereocenters. The fourth-order valence-electron chi connectivity index (χ4n) is 1.50. The number of nitrogens with zero attached hydrogens (tertiary/aromatic N) is 2. The number of nitrogens with one attached hydrogen (secondary N) is 1. The smallest absolute Gasteiger partial charge is 0.0905 e.